The molecular formula is C15H20ClN3O. The van der Waals surface area contributed by atoms with Crippen molar-refractivity contribution in [3.05, 3.63) is 23.5 Å². The van der Waals surface area contributed by atoms with Gasteiger partial charge in [-0.15, -0.1) is 0 Å². The van der Waals surface area contributed by atoms with Gasteiger partial charge >= 0.3 is 6.03 Å². The molecule has 4 nitrogen and oxygen atoms in total. The SMILES string of the molecule is O=C(Nc1ccc(Cl)nc1)N1CC(C2CCCCC2)C1. The summed E-state index contributed by atoms with van der Waals surface area (Å²) in [6, 6.07) is 3.42. The van der Waals surface area contributed by atoms with Gasteiger partial charge in [-0.05, 0) is 24.0 Å². The Morgan fingerprint density at radius 2 is 1.95 bits per heavy atom. The van der Waals surface area contributed by atoms with Crippen LogP contribution in [0, 0.1) is 11.8 Å². The van der Waals surface area contributed by atoms with E-state index in [4.69, 9.17) is 11.6 Å². The average Bonchev–Trinajstić information content (AvgIpc) is 2.41. The Labute approximate surface area is 124 Å². The topological polar surface area (TPSA) is 45.2 Å². The van der Waals surface area contributed by atoms with E-state index in [2.05, 4.69) is 10.3 Å². The number of rotatable bonds is 2. The zero-order valence-corrected chi connectivity index (χ0v) is 12.3. The lowest BCUT2D eigenvalue weighted by Crippen LogP contribution is -2.54. The summed E-state index contributed by atoms with van der Waals surface area (Å²) in [4.78, 5) is 17.9. The number of pyridine rings is 1. The molecule has 3 rings (SSSR count). The van der Waals surface area contributed by atoms with E-state index < -0.39 is 0 Å². The monoisotopic (exact) mass is 293 g/mol. The van der Waals surface area contributed by atoms with Crippen LogP contribution in [0.5, 0.6) is 0 Å². The van der Waals surface area contributed by atoms with Crippen LogP contribution in [0.25, 0.3) is 0 Å². The minimum absolute atomic E-state index is 0.0267. The first kappa shape index (κ1) is 13.7. The molecule has 2 fully saturated rings. The molecule has 5 heteroatoms. The van der Waals surface area contributed by atoms with Gasteiger partial charge in [-0.1, -0.05) is 43.7 Å². The molecule has 108 valence electrons. The van der Waals surface area contributed by atoms with Crippen LogP contribution in [-0.2, 0) is 0 Å². The number of carbonyl (C=O) groups is 1. The minimum Gasteiger partial charge on any atom is -0.324 e. The average molecular weight is 294 g/mol. The van der Waals surface area contributed by atoms with Crippen LogP contribution in [0.2, 0.25) is 5.15 Å². The Kier molecular flexibility index (Phi) is 4.10. The van der Waals surface area contributed by atoms with E-state index in [0.29, 0.717) is 16.8 Å². The van der Waals surface area contributed by atoms with Crippen LogP contribution in [0.15, 0.2) is 18.3 Å². The fraction of sp³-hybridized carbons (Fsp3) is 0.600. The second kappa shape index (κ2) is 6.00. The number of carbonyl (C=O) groups excluding carboxylic acids is 1. The Morgan fingerprint density at radius 3 is 2.60 bits per heavy atom. The summed E-state index contributed by atoms with van der Waals surface area (Å²) in [5.41, 5.74) is 0.695. The van der Waals surface area contributed by atoms with Gasteiger partial charge in [-0.3, -0.25) is 0 Å². The normalized spacial score (nSPS) is 20.6. The van der Waals surface area contributed by atoms with Crippen LogP contribution in [-0.4, -0.2) is 29.0 Å². The van der Waals surface area contributed by atoms with Gasteiger partial charge in [0.15, 0.2) is 0 Å². The van der Waals surface area contributed by atoms with Crippen LogP contribution in [0.1, 0.15) is 32.1 Å². The van der Waals surface area contributed by atoms with E-state index >= 15 is 0 Å². The third-order valence-corrected chi connectivity index (χ3v) is 4.72. The quantitative estimate of drug-likeness (QED) is 0.844. The third kappa shape index (κ3) is 3.06. The van der Waals surface area contributed by atoms with E-state index in [1.165, 1.54) is 32.1 Å². The fourth-order valence-electron chi connectivity index (χ4n) is 3.23. The van der Waals surface area contributed by atoms with Crippen molar-refractivity contribution in [1.82, 2.24) is 9.88 Å². The molecule has 1 saturated heterocycles. The lowest BCUT2D eigenvalue weighted by molar-refractivity contribution is 0.0745. The van der Waals surface area contributed by atoms with Gasteiger partial charge in [0, 0.05) is 13.1 Å². The Balaban J connectivity index is 1.47. The van der Waals surface area contributed by atoms with E-state index in [1.807, 2.05) is 4.90 Å². The second-order valence-electron chi connectivity index (χ2n) is 5.86. The molecule has 2 aliphatic rings. The molecule has 1 aromatic rings. The molecule has 2 amide bonds. The number of aromatic nitrogens is 1. The van der Waals surface area contributed by atoms with Gasteiger partial charge in [0.05, 0.1) is 11.9 Å². The molecule has 2 heterocycles. The predicted molar refractivity (Wildman–Crippen MR) is 79.9 cm³/mol. The van der Waals surface area contributed by atoms with Crippen molar-refractivity contribution in [3.8, 4) is 0 Å². The van der Waals surface area contributed by atoms with Crippen molar-refractivity contribution in [2.45, 2.75) is 32.1 Å². The molecule has 0 atom stereocenters. The lowest BCUT2D eigenvalue weighted by Gasteiger charge is -2.44. The fourth-order valence-corrected chi connectivity index (χ4v) is 3.35. The van der Waals surface area contributed by atoms with Gasteiger partial charge in [-0.25, -0.2) is 9.78 Å². The summed E-state index contributed by atoms with van der Waals surface area (Å²) < 4.78 is 0. The molecule has 20 heavy (non-hydrogen) atoms. The van der Waals surface area contributed by atoms with E-state index in [0.717, 1.165) is 19.0 Å². The van der Waals surface area contributed by atoms with Gasteiger partial charge in [0.2, 0.25) is 0 Å². The van der Waals surface area contributed by atoms with Crippen molar-refractivity contribution in [2.75, 3.05) is 18.4 Å². The largest absolute Gasteiger partial charge is 0.324 e. The maximum absolute atomic E-state index is 12.1. The summed E-state index contributed by atoms with van der Waals surface area (Å²) in [6.45, 7) is 1.80. The number of amides is 2. The minimum atomic E-state index is -0.0267. The summed E-state index contributed by atoms with van der Waals surface area (Å²) in [5, 5.41) is 3.29. The number of hydrogen-bond acceptors (Lipinski definition) is 2. The van der Waals surface area contributed by atoms with Crippen molar-refractivity contribution in [2.24, 2.45) is 11.8 Å². The zero-order valence-electron chi connectivity index (χ0n) is 11.5. The highest BCUT2D eigenvalue weighted by molar-refractivity contribution is 6.29. The van der Waals surface area contributed by atoms with E-state index in [-0.39, 0.29) is 6.03 Å². The van der Waals surface area contributed by atoms with Crippen molar-refractivity contribution < 1.29 is 4.79 Å². The molecule has 1 saturated carbocycles. The maximum atomic E-state index is 12.1. The maximum Gasteiger partial charge on any atom is 0.321 e. The summed E-state index contributed by atoms with van der Waals surface area (Å²) >= 11 is 5.72. The van der Waals surface area contributed by atoms with Crippen molar-refractivity contribution >= 4 is 23.3 Å². The van der Waals surface area contributed by atoms with Crippen LogP contribution < -0.4 is 5.32 Å². The summed E-state index contributed by atoms with van der Waals surface area (Å²) in [5.74, 6) is 1.55. The molecule has 0 spiro atoms. The first-order valence-electron chi connectivity index (χ1n) is 7.40. The van der Waals surface area contributed by atoms with Crippen molar-refractivity contribution in [3.63, 3.8) is 0 Å². The predicted octanol–water partition coefficient (Wildman–Crippen LogP) is 3.78. The summed E-state index contributed by atoms with van der Waals surface area (Å²) in [7, 11) is 0. The van der Waals surface area contributed by atoms with Crippen LogP contribution >= 0.6 is 11.6 Å². The number of hydrogen-bond donors (Lipinski definition) is 1. The number of nitrogens with one attached hydrogen (secondary N) is 1. The first-order valence-corrected chi connectivity index (χ1v) is 7.77. The highest BCUT2D eigenvalue weighted by Gasteiger charge is 2.36. The van der Waals surface area contributed by atoms with Crippen LogP contribution in [0.3, 0.4) is 0 Å². The first-order chi connectivity index (χ1) is 9.72. The molecule has 1 aliphatic heterocycles. The van der Waals surface area contributed by atoms with E-state index in [9.17, 15) is 4.79 Å². The molecule has 0 unspecified atom stereocenters. The number of urea groups is 1. The van der Waals surface area contributed by atoms with Crippen molar-refractivity contribution in [1.29, 1.82) is 0 Å². The number of nitrogens with zero attached hydrogens (tertiary/aromatic N) is 2. The smallest absolute Gasteiger partial charge is 0.321 e. The third-order valence-electron chi connectivity index (χ3n) is 4.49. The number of halogens is 1. The van der Waals surface area contributed by atoms with Gasteiger partial charge in [-0.2, -0.15) is 0 Å². The van der Waals surface area contributed by atoms with Gasteiger partial charge in [0.25, 0.3) is 0 Å². The molecule has 1 aromatic heterocycles. The molecule has 0 radical (unpaired) electrons. The number of anilines is 1. The molecule has 0 aromatic carbocycles. The Morgan fingerprint density at radius 1 is 1.20 bits per heavy atom. The highest BCUT2D eigenvalue weighted by Crippen LogP contribution is 2.35. The second-order valence-corrected chi connectivity index (χ2v) is 6.25. The Bertz CT molecular complexity index is 465. The standard InChI is InChI=1S/C15H20ClN3O/c16-14-7-6-13(8-17-14)18-15(20)19-9-12(10-19)11-4-2-1-3-5-11/h6-8,11-12H,1-5,9-10H2,(H,18,20). The number of likely N-dealkylation sites (tertiary alicyclic amines) is 1. The lowest BCUT2D eigenvalue weighted by atomic mass is 9.76. The molecular weight excluding hydrogens is 274 g/mol. The summed E-state index contributed by atoms with van der Waals surface area (Å²) in [6.07, 6.45) is 8.39. The van der Waals surface area contributed by atoms with Crippen LogP contribution in [0.4, 0.5) is 10.5 Å². The van der Waals surface area contributed by atoms with Gasteiger partial charge in [0.1, 0.15) is 5.15 Å². The van der Waals surface area contributed by atoms with Gasteiger partial charge < -0.3 is 10.2 Å². The van der Waals surface area contributed by atoms with E-state index in [1.54, 1.807) is 18.3 Å². The molecule has 1 N–H and O–H groups in total. The molecule has 0 bridgehead atoms. The Hall–Kier alpha value is -1.29. The highest BCUT2D eigenvalue weighted by atomic mass is 35.5. The molecule has 1 aliphatic carbocycles. The zero-order chi connectivity index (χ0) is 13.9.